The highest BCUT2D eigenvalue weighted by molar-refractivity contribution is 14.0. The molecule has 2 N–H and O–H groups in total. The minimum atomic E-state index is 0. The second kappa shape index (κ2) is 10.7. The van der Waals surface area contributed by atoms with E-state index in [4.69, 9.17) is 16.6 Å². The first-order chi connectivity index (χ1) is 12.6. The lowest BCUT2D eigenvalue weighted by Gasteiger charge is -2.24. The highest BCUT2D eigenvalue weighted by Crippen LogP contribution is 2.34. The molecule has 6 nitrogen and oxygen atoms in total. The average molecular weight is 507 g/mol. The van der Waals surface area contributed by atoms with E-state index in [0.29, 0.717) is 17.1 Å². The summed E-state index contributed by atoms with van der Waals surface area (Å²) in [5.74, 6) is 2.60. The molecule has 0 radical (unpaired) electrons. The van der Waals surface area contributed by atoms with E-state index in [1.54, 1.807) is 6.20 Å². The Morgan fingerprint density at radius 1 is 1.41 bits per heavy atom. The molecule has 2 heterocycles. The van der Waals surface area contributed by atoms with Crippen molar-refractivity contribution in [3.63, 3.8) is 0 Å². The number of likely N-dealkylation sites (N-methyl/N-ethyl adjacent to an activating group) is 1. The molecule has 0 spiro atoms. The Balaban J connectivity index is 0.00000261. The Hall–Kier alpha value is -0.800. The van der Waals surface area contributed by atoms with E-state index >= 15 is 0 Å². The summed E-state index contributed by atoms with van der Waals surface area (Å²) in [4.78, 5) is 13.9. The van der Waals surface area contributed by atoms with Gasteiger partial charge in [-0.25, -0.2) is 4.98 Å². The number of guanidine groups is 1. The first-order valence-corrected chi connectivity index (χ1v) is 10.0. The van der Waals surface area contributed by atoms with Crippen LogP contribution in [-0.4, -0.2) is 68.2 Å². The molecule has 1 aliphatic carbocycles. The summed E-state index contributed by atoms with van der Waals surface area (Å²) in [7, 11) is 4.31. The van der Waals surface area contributed by atoms with E-state index in [2.05, 4.69) is 46.4 Å². The van der Waals surface area contributed by atoms with Crippen LogP contribution in [0, 0.1) is 5.92 Å². The van der Waals surface area contributed by atoms with Crippen LogP contribution >= 0.6 is 35.6 Å². The zero-order chi connectivity index (χ0) is 18.5. The Bertz CT molecular complexity index is 620. The van der Waals surface area contributed by atoms with Gasteiger partial charge in [0.15, 0.2) is 5.96 Å². The van der Waals surface area contributed by atoms with Gasteiger partial charge >= 0.3 is 0 Å². The van der Waals surface area contributed by atoms with Crippen LogP contribution in [-0.2, 0) is 0 Å². The van der Waals surface area contributed by atoms with Crippen LogP contribution in [0.1, 0.15) is 26.2 Å². The van der Waals surface area contributed by atoms with Gasteiger partial charge in [0.2, 0.25) is 0 Å². The summed E-state index contributed by atoms with van der Waals surface area (Å²) in [6.07, 6.45) is 5.53. The number of aliphatic imine (C=N–C) groups is 1. The monoisotopic (exact) mass is 506 g/mol. The zero-order valence-electron chi connectivity index (χ0n) is 16.5. The molecule has 8 heteroatoms. The van der Waals surface area contributed by atoms with Crippen molar-refractivity contribution in [1.82, 2.24) is 20.5 Å². The number of nitrogens with zero attached hydrogens (tertiary/aromatic N) is 4. The highest BCUT2D eigenvalue weighted by Gasteiger charge is 2.32. The van der Waals surface area contributed by atoms with Gasteiger partial charge in [0.05, 0.1) is 11.6 Å². The molecule has 2 aliphatic rings. The third-order valence-electron chi connectivity index (χ3n) is 5.18. The fraction of sp³-hybridized carbons (Fsp3) is 0.684. The topological polar surface area (TPSA) is 55.8 Å². The molecular weight excluding hydrogens is 475 g/mol. The van der Waals surface area contributed by atoms with E-state index in [-0.39, 0.29) is 24.0 Å². The molecule has 0 bridgehead atoms. The third kappa shape index (κ3) is 6.35. The van der Waals surface area contributed by atoms with Crippen molar-refractivity contribution in [1.29, 1.82) is 0 Å². The smallest absolute Gasteiger partial charge is 0.191 e. The molecule has 2 unspecified atom stereocenters. The van der Waals surface area contributed by atoms with Crippen LogP contribution in [0.25, 0.3) is 0 Å². The number of hydrogen-bond donors (Lipinski definition) is 2. The number of anilines is 1. The van der Waals surface area contributed by atoms with Crippen molar-refractivity contribution < 1.29 is 0 Å². The van der Waals surface area contributed by atoms with Crippen LogP contribution in [0.15, 0.2) is 23.3 Å². The Morgan fingerprint density at radius 2 is 2.19 bits per heavy atom. The fourth-order valence-electron chi connectivity index (χ4n) is 3.59. The minimum Gasteiger partial charge on any atom is -0.357 e. The number of nitrogens with one attached hydrogen (secondary N) is 2. The van der Waals surface area contributed by atoms with E-state index in [0.717, 1.165) is 50.3 Å². The molecule has 1 aromatic heterocycles. The predicted octanol–water partition coefficient (Wildman–Crippen LogP) is 2.83. The Labute approximate surface area is 185 Å². The fourth-order valence-corrected chi connectivity index (χ4v) is 3.83. The van der Waals surface area contributed by atoms with Gasteiger partial charge in [-0.3, -0.25) is 4.99 Å². The second-order valence-corrected chi connectivity index (χ2v) is 7.88. The second-order valence-electron chi connectivity index (χ2n) is 7.47. The van der Waals surface area contributed by atoms with Crippen LogP contribution in [0.5, 0.6) is 0 Å². The summed E-state index contributed by atoms with van der Waals surface area (Å²) < 4.78 is 0. The molecule has 2 fully saturated rings. The molecule has 152 valence electrons. The van der Waals surface area contributed by atoms with Crippen molar-refractivity contribution >= 4 is 47.4 Å². The molecule has 1 saturated heterocycles. The maximum absolute atomic E-state index is 6.29. The van der Waals surface area contributed by atoms with Gasteiger partial charge in [-0.05, 0) is 58.3 Å². The predicted molar refractivity (Wildman–Crippen MR) is 125 cm³/mol. The van der Waals surface area contributed by atoms with Crippen molar-refractivity contribution in [2.75, 3.05) is 45.2 Å². The van der Waals surface area contributed by atoms with Crippen molar-refractivity contribution in [2.24, 2.45) is 10.9 Å². The van der Waals surface area contributed by atoms with Gasteiger partial charge < -0.3 is 20.4 Å². The van der Waals surface area contributed by atoms with Crippen molar-refractivity contribution in [3.05, 3.63) is 23.4 Å². The molecule has 1 aliphatic heterocycles. The highest BCUT2D eigenvalue weighted by atomic mass is 127. The SMILES string of the molecule is CCNC(=NCC(C1CC1)N(C)C)NC1CCN(c2ncccc2Cl)C1.I. The first-order valence-electron chi connectivity index (χ1n) is 9.65. The molecule has 0 aromatic carbocycles. The molecule has 0 amide bonds. The summed E-state index contributed by atoms with van der Waals surface area (Å²) in [5, 5.41) is 7.70. The average Bonchev–Trinajstić information content (AvgIpc) is 3.34. The molecule has 1 saturated carbocycles. The minimum absolute atomic E-state index is 0. The number of aromatic nitrogens is 1. The van der Waals surface area contributed by atoms with Gasteiger partial charge in [0, 0.05) is 37.9 Å². The van der Waals surface area contributed by atoms with Crippen LogP contribution in [0.4, 0.5) is 5.82 Å². The maximum Gasteiger partial charge on any atom is 0.191 e. The number of hydrogen-bond acceptors (Lipinski definition) is 4. The lowest BCUT2D eigenvalue weighted by atomic mass is 10.2. The van der Waals surface area contributed by atoms with Gasteiger partial charge in [-0.2, -0.15) is 0 Å². The van der Waals surface area contributed by atoms with E-state index in [1.807, 2.05) is 12.1 Å². The Morgan fingerprint density at radius 3 is 2.81 bits per heavy atom. The lowest BCUT2D eigenvalue weighted by molar-refractivity contribution is 0.271. The first kappa shape index (κ1) is 22.5. The van der Waals surface area contributed by atoms with Gasteiger partial charge in [0.1, 0.15) is 5.82 Å². The molecule has 27 heavy (non-hydrogen) atoms. The number of rotatable bonds is 7. The van der Waals surface area contributed by atoms with Crippen LogP contribution in [0.2, 0.25) is 5.02 Å². The number of pyridine rings is 1. The lowest BCUT2D eigenvalue weighted by Crippen LogP contribution is -2.45. The van der Waals surface area contributed by atoms with Gasteiger partial charge in [-0.15, -0.1) is 24.0 Å². The van der Waals surface area contributed by atoms with Crippen molar-refractivity contribution in [2.45, 2.75) is 38.3 Å². The number of halogens is 2. The van der Waals surface area contributed by atoms with Crippen LogP contribution in [0.3, 0.4) is 0 Å². The third-order valence-corrected chi connectivity index (χ3v) is 5.47. The van der Waals surface area contributed by atoms with Gasteiger partial charge in [-0.1, -0.05) is 11.6 Å². The zero-order valence-corrected chi connectivity index (χ0v) is 19.6. The normalized spacial score (nSPS) is 21.1. The van der Waals surface area contributed by atoms with E-state index in [9.17, 15) is 0 Å². The summed E-state index contributed by atoms with van der Waals surface area (Å²) in [5.41, 5.74) is 0. The quantitative estimate of drug-likeness (QED) is 0.338. The summed E-state index contributed by atoms with van der Waals surface area (Å²) in [6.45, 7) is 5.66. The molecule has 2 atom stereocenters. The summed E-state index contributed by atoms with van der Waals surface area (Å²) in [6, 6.07) is 4.66. The standard InChI is InChI=1S/C19H31ClN6.HI/c1-4-21-19(23-12-17(25(2)3)14-7-8-14)24-15-9-11-26(13-15)18-16(20)6-5-10-22-18;/h5-6,10,14-15,17H,4,7-9,11-13H2,1-3H3,(H2,21,23,24);1H. The maximum atomic E-state index is 6.29. The molecule has 1 aromatic rings. The van der Waals surface area contributed by atoms with E-state index in [1.165, 1.54) is 12.8 Å². The van der Waals surface area contributed by atoms with Gasteiger partial charge in [0.25, 0.3) is 0 Å². The van der Waals surface area contributed by atoms with E-state index < -0.39 is 0 Å². The largest absolute Gasteiger partial charge is 0.357 e. The molecule has 3 rings (SSSR count). The van der Waals surface area contributed by atoms with Crippen LogP contribution < -0.4 is 15.5 Å². The molecular formula is C19H32ClIN6. The summed E-state index contributed by atoms with van der Waals surface area (Å²) >= 11 is 6.29. The Kier molecular flexibility index (Phi) is 8.88. The van der Waals surface area contributed by atoms with Crippen molar-refractivity contribution in [3.8, 4) is 0 Å².